The van der Waals surface area contributed by atoms with Gasteiger partial charge in [-0.25, -0.2) is 13.2 Å². The van der Waals surface area contributed by atoms with E-state index in [0.717, 1.165) is 17.3 Å². The molecule has 3 N–H and O–H groups in total. The standard InChI is InChI=1S/C34H41N3O7S/c1-33(2,3)32(40)44-23-43-31(39)26-14-15-29-24(20-26)16-18-37(29)19-17-34(4,5)35-22-30(38)25-10-9-11-27(21-25)36-45(41,42)28-12-7-6-8-13-28/h6-16,18,20-21,30,35-36,38H,17,19,22-23H2,1-5H3/t30-/m0/s1. The van der Waals surface area contributed by atoms with Gasteiger partial charge < -0.3 is 24.5 Å². The fourth-order valence-electron chi connectivity index (χ4n) is 4.56. The molecule has 0 radical (unpaired) electrons. The highest BCUT2D eigenvalue weighted by molar-refractivity contribution is 7.92. The van der Waals surface area contributed by atoms with E-state index in [4.69, 9.17) is 9.47 Å². The minimum Gasteiger partial charge on any atom is -0.427 e. The largest absolute Gasteiger partial charge is 0.427 e. The topological polar surface area (TPSA) is 136 Å². The Morgan fingerprint density at radius 1 is 0.911 bits per heavy atom. The molecular formula is C34H41N3O7S. The fraction of sp³-hybridized carbons (Fsp3) is 0.353. The zero-order valence-electron chi connectivity index (χ0n) is 26.2. The number of nitrogens with zero attached hydrogens (tertiary/aromatic N) is 1. The number of benzene rings is 3. The molecule has 11 heteroatoms. The zero-order chi connectivity index (χ0) is 32.8. The number of rotatable bonds is 13. The Hall–Kier alpha value is -4.19. The number of β-amino-alcohol motifs (C(OH)–C–C–N with tert-alkyl or cyclic N) is 1. The molecule has 0 spiro atoms. The van der Waals surface area contributed by atoms with E-state index in [0.29, 0.717) is 23.4 Å². The number of hydrogen-bond acceptors (Lipinski definition) is 8. The Bertz CT molecular complexity index is 1740. The number of esters is 2. The lowest BCUT2D eigenvalue weighted by atomic mass is 9.98. The minimum absolute atomic E-state index is 0.161. The van der Waals surface area contributed by atoms with E-state index in [-0.39, 0.29) is 17.0 Å². The van der Waals surface area contributed by atoms with Crippen LogP contribution >= 0.6 is 0 Å². The summed E-state index contributed by atoms with van der Waals surface area (Å²) < 4.78 is 40.2. The molecule has 0 saturated carbocycles. The van der Waals surface area contributed by atoms with Crippen molar-refractivity contribution >= 4 is 38.6 Å². The molecule has 0 amide bonds. The molecule has 1 atom stereocenters. The van der Waals surface area contributed by atoms with E-state index < -0.39 is 40.3 Å². The number of nitrogens with one attached hydrogen (secondary N) is 2. The van der Waals surface area contributed by atoms with E-state index in [1.807, 2.05) is 18.3 Å². The van der Waals surface area contributed by atoms with Crippen molar-refractivity contribution < 1.29 is 32.6 Å². The molecule has 0 aliphatic carbocycles. The number of aliphatic hydroxyl groups excluding tert-OH is 1. The third kappa shape index (κ3) is 9.16. The molecule has 4 rings (SSSR count). The second-order valence-corrected chi connectivity index (χ2v) is 14.3. The molecule has 0 unspecified atom stereocenters. The van der Waals surface area contributed by atoms with Gasteiger partial charge in [-0.2, -0.15) is 0 Å². The third-order valence-electron chi connectivity index (χ3n) is 7.33. The summed E-state index contributed by atoms with van der Waals surface area (Å²) in [6, 6.07) is 22.1. The number of carbonyl (C=O) groups excluding carboxylic acids is 2. The van der Waals surface area contributed by atoms with Crippen molar-refractivity contribution in [2.75, 3.05) is 18.1 Å². The van der Waals surface area contributed by atoms with Crippen LogP contribution in [0.25, 0.3) is 10.9 Å². The second-order valence-electron chi connectivity index (χ2n) is 12.6. The lowest BCUT2D eigenvalue weighted by Crippen LogP contribution is -2.42. The number of ether oxygens (including phenoxy) is 2. The van der Waals surface area contributed by atoms with Gasteiger partial charge in [0, 0.05) is 41.4 Å². The van der Waals surface area contributed by atoms with Gasteiger partial charge in [0.15, 0.2) is 0 Å². The van der Waals surface area contributed by atoms with Gasteiger partial charge in [0.05, 0.1) is 22.0 Å². The summed E-state index contributed by atoms with van der Waals surface area (Å²) in [5.41, 5.74) is 1.26. The molecule has 3 aromatic carbocycles. The van der Waals surface area contributed by atoms with E-state index in [9.17, 15) is 23.1 Å². The highest BCUT2D eigenvalue weighted by Gasteiger charge is 2.24. The van der Waals surface area contributed by atoms with Gasteiger partial charge in [-0.1, -0.05) is 30.3 Å². The first-order chi connectivity index (χ1) is 21.1. The molecule has 0 bridgehead atoms. The summed E-state index contributed by atoms with van der Waals surface area (Å²) in [5, 5.41) is 15.2. The van der Waals surface area contributed by atoms with Gasteiger partial charge >= 0.3 is 11.9 Å². The van der Waals surface area contributed by atoms with Crippen LogP contribution in [0.5, 0.6) is 0 Å². The molecule has 0 fully saturated rings. The van der Waals surface area contributed by atoms with Gasteiger partial charge in [0.1, 0.15) is 0 Å². The zero-order valence-corrected chi connectivity index (χ0v) is 27.1. The van der Waals surface area contributed by atoms with Crippen molar-refractivity contribution in [2.45, 2.75) is 64.1 Å². The van der Waals surface area contributed by atoms with Crippen LogP contribution in [0.15, 0.2) is 90.0 Å². The van der Waals surface area contributed by atoms with Crippen LogP contribution in [0.2, 0.25) is 0 Å². The number of sulfonamides is 1. The molecule has 0 aliphatic heterocycles. The number of fused-ring (bicyclic) bond motifs is 1. The van der Waals surface area contributed by atoms with Crippen LogP contribution in [0.3, 0.4) is 0 Å². The van der Waals surface area contributed by atoms with Crippen LogP contribution in [0.1, 0.15) is 63.1 Å². The van der Waals surface area contributed by atoms with Crippen molar-refractivity contribution in [3.8, 4) is 0 Å². The van der Waals surface area contributed by atoms with E-state index in [2.05, 4.69) is 28.5 Å². The first-order valence-electron chi connectivity index (χ1n) is 14.7. The lowest BCUT2D eigenvalue weighted by molar-refractivity contribution is -0.161. The summed E-state index contributed by atoms with van der Waals surface area (Å²) in [5.74, 6) is -1.03. The maximum Gasteiger partial charge on any atom is 0.341 e. The number of hydrogen-bond donors (Lipinski definition) is 3. The number of aryl methyl sites for hydroxylation is 1. The normalized spacial score (nSPS) is 12.9. The molecule has 0 aliphatic rings. The number of anilines is 1. The highest BCUT2D eigenvalue weighted by atomic mass is 32.2. The number of aliphatic hydroxyl groups is 1. The smallest absolute Gasteiger partial charge is 0.341 e. The van der Waals surface area contributed by atoms with Gasteiger partial charge in [-0.3, -0.25) is 9.52 Å². The summed E-state index contributed by atoms with van der Waals surface area (Å²) in [6.07, 6.45) is 1.84. The monoisotopic (exact) mass is 635 g/mol. The Morgan fingerprint density at radius 3 is 2.36 bits per heavy atom. The number of carbonyl (C=O) groups is 2. The van der Waals surface area contributed by atoms with Crippen LogP contribution in [-0.2, 0) is 30.8 Å². The summed E-state index contributed by atoms with van der Waals surface area (Å²) >= 11 is 0. The molecule has 4 aromatic rings. The molecule has 1 heterocycles. The Balaban J connectivity index is 1.30. The summed E-state index contributed by atoms with van der Waals surface area (Å²) in [4.78, 5) is 24.5. The van der Waals surface area contributed by atoms with E-state index in [1.165, 1.54) is 12.1 Å². The summed E-state index contributed by atoms with van der Waals surface area (Å²) in [6.45, 7) is 9.78. The second kappa shape index (κ2) is 13.8. The van der Waals surface area contributed by atoms with Crippen molar-refractivity contribution in [1.29, 1.82) is 0 Å². The highest BCUT2D eigenvalue weighted by Crippen LogP contribution is 2.23. The fourth-order valence-corrected chi connectivity index (χ4v) is 5.63. The van der Waals surface area contributed by atoms with E-state index in [1.54, 1.807) is 75.4 Å². The van der Waals surface area contributed by atoms with Gasteiger partial charge in [0.25, 0.3) is 10.0 Å². The lowest BCUT2D eigenvalue weighted by Gasteiger charge is -2.28. The maximum atomic E-state index is 12.7. The van der Waals surface area contributed by atoms with Crippen molar-refractivity contribution in [3.05, 3.63) is 96.2 Å². The molecule has 240 valence electrons. The SMILES string of the molecule is CC(C)(CCn1ccc2cc(C(=O)OCOC(=O)C(C)(C)C)ccc21)NC[C@H](O)c1cccc(NS(=O)(=O)c2ccccc2)c1. The molecule has 10 nitrogen and oxygen atoms in total. The predicted octanol–water partition coefficient (Wildman–Crippen LogP) is 5.64. The minimum atomic E-state index is -3.74. The van der Waals surface area contributed by atoms with Crippen LogP contribution in [0.4, 0.5) is 5.69 Å². The van der Waals surface area contributed by atoms with Gasteiger partial charge in [0.2, 0.25) is 6.79 Å². The number of aromatic nitrogens is 1. The van der Waals surface area contributed by atoms with Crippen LogP contribution in [-0.4, -0.2) is 48.9 Å². The Kier molecular flexibility index (Phi) is 10.4. The molecule has 0 saturated heterocycles. The van der Waals surface area contributed by atoms with Crippen molar-refractivity contribution in [1.82, 2.24) is 9.88 Å². The summed E-state index contributed by atoms with van der Waals surface area (Å²) in [7, 11) is -3.74. The first kappa shape index (κ1) is 33.7. The quantitative estimate of drug-likeness (QED) is 0.127. The first-order valence-corrected chi connectivity index (χ1v) is 16.2. The van der Waals surface area contributed by atoms with Crippen LogP contribution in [0, 0.1) is 5.41 Å². The molecule has 1 aromatic heterocycles. The van der Waals surface area contributed by atoms with Crippen molar-refractivity contribution in [3.63, 3.8) is 0 Å². The third-order valence-corrected chi connectivity index (χ3v) is 8.73. The predicted molar refractivity (Wildman–Crippen MR) is 173 cm³/mol. The molecular weight excluding hydrogens is 594 g/mol. The Labute approximate surface area is 264 Å². The van der Waals surface area contributed by atoms with Crippen molar-refractivity contribution in [2.24, 2.45) is 5.41 Å². The molecule has 45 heavy (non-hydrogen) atoms. The van der Waals surface area contributed by atoms with Gasteiger partial charge in [-0.15, -0.1) is 0 Å². The average Bonchev–Trinajstić information content (AvgIpc) is 3.41. The van der Waals surface area contributed by atoms with Gasteiger partial charge in [-0.05, 0) is 95.1 Å². The Morgan fingerprint density at radius 2 is 1.64 bits per heavy atom. The van der Waals surface area contributed by atoms with Crippen LogP contribution < -0.4 is 10.0 Å². The van der Waals surface area contributed by atoms with E-state index >= 15 is 0 Å². The average molecular weight is 636 g/mol. The maximum absolute atomic E-state index is 12.7.